The van der Waals surface area contributed by atoms with E-state index < -0.39 is 5.60 Å². The van der Waals surface area contributed by atoms with Crippen LogP contribution in [0.4, 0.5) is 0 Å². The van der Waals surface area contributed by atoms with Crippen LogP contribution >= 0.6 is 20.5 Å². The molecule has 2 aromatic rings. The van der Waals surface area contributed by atoms with Crippen molar-refractivity contribution in [3.63, 3.8) is 0 Å². The van der Waals surface area contributed by atoms with E-state index in [1.54, 1.807) is 30.6 Å². The van der Waals surface area contributed by atoms with Gasteiger partial charge in [-0.15, -0.1) is 0 Å². The molecule has 8 heteroatoms. The Morgan fingerprint density at radius 2 is 2.07 bits per heavy atom. The number of aromatic nitrogens is 3. The first kappa shape index (κ1) is 21.2. The molecule has 0 amide bonds. The highest BCUT2D eigenvalue weighted by molar-refractivity contribution is 7.07. The number of nitrogens with zero attached hydrogens (tertiary/aromatic N) is 3. The molecule has 1 saturated carbocycles. The Kier molecular flexibility index (Phi) is 5.60. The van der Waals surface area contributed by atoms with Crippen LogP contribution in [0.3, 0.4) is 0 Å². The number of ether oxygens (including phenoxy) is 1. The molecule has 4 rings (SSSR count). The first-order chi connectivity index (χ1) is 14.1. The van der Waals surface area contributed by atoms with Crippen molar-refractivity contribution in [2.24, 2.45) is 5.92 Å². The van der Waals surface area contributed by atoms with Gasteiger partial charge in [-0.1, -0.05) is 20.5 Å². The monoisotopic (exact) mass is 444 g/mol. The molecule has 158 valence electrons. The van der Waals surface area contributed by atoms with Crippen LogP contribution in [-0.2, 0) is 4.74 Å². The molecule has 0 spiro atoms. The van der Waals surface area contributed by atoms with Crippen molar-refractivity contribution in [1.29, 1.82) is 5.41 Å². The molecule has 0 bridgehead atoms. The van der Waals surface area contributed by atoms with E-state index in [2.05, 4.69) is 13.8 Å². The van der Waals surface area contributed by atoms with Crippen molar-refractivity contribution in [2.75, 3.05) is 6.61 Å². The molecule has 6 nitrogen and oxygen atoms in total. The number of fused-ring (bicyclic) bond motifs is 1. The van der Waals surface area contributed by atoms with Crippen LogP contribution in [0.1, 0.15) is 50.4 Å². The second-order valence-electron chi connectivity index (χ2n) is 8.66. The van der Waals surface area contributed by atoms with Crippen LogP contribution in [0.2, 0.25) is 0 Å². The van der Waals surface area contributed by atoms with Gasteiger partial charge in [-0.25, -0.2) is 9.97 Å². The third-order valence-electron chi connectivity index (χ3n) is 5.29. The van der Waals surface area contributed by atoms with Crippen molar-refractivity contribution >= 4 is 37.5 Å². The van der Waals surface area contributed by atoms with Crippen LogP contribution < -0.4 is 0 Å². The normalized spacial score (nSPS) is 19.4. The van der Waals surface area contributed by atoms with E-state index >= 15 is 0 Å². The number of rotatable bonds is 5. The first-order valence-electron chi connectivity index (χ1n) is 10.1. The molecule has 30 heavy (non-hydrogen) atoms. The molecular weight excluding hydrogens is 419 g/mol. The molecule has 0 radical (unpaired) electrons. The number of halogens is 1. The van der Waals surface area contributed by atoms with Crippen LogP contribution in [0, 0.1) is 23.3 Å². The van der Waals surface area contributed by atoms with Gasteiger partial charge in [-0.3, -0.25) is 9.98 Å². The summed E-state index contributed by atoms with van der Waals surface area (Å²) in [7, 11) is 3.68. The number of aryl methyl sites for hydroxylation is 1. The molecule has 1 fully saturated rings. The SMILES string of the molecule is Cc1nc2ccc(C3CC3)nc2n(C(=N)C2CC(OCC(C)(C)O)=CC=C2Cl)c1=P. The number of hydrogen-bond acceptors (Lipinski definition) is 5. The number of aliphatic hydroxyl groups is 1. The Balaban J connectivity index is 1.71. The van der Waals surface area contributed by atoms with Crippen LogP contribution in [0.5, 0.6) is 0 Å². The van der Waals surface area contributed by atoms with Gasteiger partial charge in [-0.2, -0.15) is 0 Å². The fourth-order valence-corrected chi connectivity index (χ4v) is 3.99. The third-order valence-corrected chi connectivity index (χ3v) is 6.26. The lowest BCUT2D eigenvalue weighted by molar-refractivity contribution is 0.000539. The second kappa shape index (κ2) is 7.92. The zero-order valence-corrected chi connectivity index (χ0v) is 19.1. The van der Waals surface area contributed by atoms with E-state index in [-0.39, 0.29) is 12.5 Å². The summed E-state index contributed by atoms with van der Waals surface area (Å²) in [5.74, 6) is 1.10. The van der Waals surface area contributed by atoms with Gasteiger partial charge in [0.2, 0.25) is 0 Å². The average Bonchev–Trinajstić information content (AvgIpc) is 3.52. The zero-order valence-electron chi connectivity index (χ0n) is 17.4. The maximum absolute atomic E-state index is 9.95. The van der Waals surface area contributed by atoms with E-state index in [1.165, 1.54) is 0 Å². The molecule has 0 aliphatic heterocycles. The van der Waals surface area contributed by atoms with Gasteiger partial charge in [0.05, 0.1) is 28.0 Å². The summed E-state index contributed by atoms with van der Waals surface area (Å²) in [5.41, 5.74) is 2.27. The van der Waals surface area contributed by atoms with Gasteiger partial charge >= 0.3 is 0 Å². The lowest BCUT2D eigenvalue weighted by Crippen LogP contribution is -2.29. The highest BCUT2D eigenvalue weighted by Crippen LogP contribution is 2.39. The summed E-state index contributed by atoms with van der Waals surface area (Å²) >= 11 is 6.52. The third kappa shape index (κ3) is 4.36. The summed E-state index contributed by atoms with van der Waals surface area (Å²) in [6.45, 7) is 5.46. The molecule has 1 atom stereocenters. The zero-order chi connectivity index (χ0) is 21.6. The summed E-state index contributed by atoms with van der Waals surface area (Å²) in [5, 5.41) is 20.2. The predicted octanol–water partition coefficient (Wildman–Crippen LogP) is 4.93. The Labute approximate surface area is 183 Å². The average molecular weight is 445 g/mol. The van der Waals surface area contributed by atoms with Crippen molar-refractivity contribution in [3.05, 3.63) is 51.5 Å². The molecule has 1 unspecified atom stereocenters. The van der Waals surface area contributed by atoms with Crippen molar-refractivity contribution in [3.8, 4) is 0 Å². The number of hydrogen-bond donors (Lipinski definition) is 2. The van der Waals surface area contributed by atoms with Crippen LogP contribution in [0.15, 0.2) is 35.1 Å². The molecule has 2 aromatic heterocycles. The summed E-state index contributed by atoms with van der Waals surface area (Å²) < 4.78 is 7.57. The van der Waals surface area contributed by atoms with Gasteiger partial charge in [0, 0.05) is 23.1 Å². The molecule has 0 saturated heterocycles. The Morgan fingerprint density at radius 1 is 1.33 bits per heavy atom. The van der Waals surface area contributed by atoms with Crippen molar-refractivity contribution in [1.82, 2.24) is 14.5 Å². The van der Waals surface area contributed by atoms with Crippen LogP contribution in [0.25, 0.3) is 11.2 Å². The molecule has 2 N–H and O–H groups in total. The first-order valence-corrected chi connectivity index (χ1v) is 11.0. The van der Waals surface area contributed by atoms with E-state index in [9.17, 15) is 5.11 Å². The number of allylic oxidation sites excluding steroid dienone is 4. The largest absolute Gasteiger partial charge is 0.495 e. The molecule has 2 heterocycles. The van der Waals surface area contributed by atoms with Gasteiger partial charge < -0.3 is 9.84 Å². The van der Waals surface area contributed by atoms with E-state index in [0.717, 1.165) is 29.7 Å². The summed E-state index contributed by atoms with van der Waals surface area (Å²) in [6.07, 6.45) is 6.31. The van der Waals surface area contributed by atoms with Gasteiger partial charge in [0.25, 0.3) is 0 Å². The molecular formula is C22H26ClN4O2P. The standard InChI is InChI=1S/C22H26ClN4O2P/c1-12-21(30)27(20-18(25-12)9-8-17(26-20)13-4-5-13)19(24)15-10-14(6-7-16(15)23)29-11-22(2,3)28/h6-9,13,15,24,28,30H,4-5,10-11H2,1-3H3. The van der Waals surface area contributed by atoms with Crippen molar-refractivity contribution < 1.29 is 9.84 Å². The molecule has 2 aliphatic carbocycles. The van der Waals surface area contributed by atoms with E-state index in [1.807, 2.05) is 19.1 Å². The maximum Gasteiger partial charge on any atom is 0.165 e. The topological polar surface area (TPSA) is 84.0 Å². The fraction of sp³-hybridized carbons (Fsp3) is 0.455. The Hall–Kier alpha value is -2.01. The maximum atomic E-state index is 9.95. The van der Waals surface area contributed by atoms with Crippen LogP contribution in [-0.4, -0.2) is 37.7 Å². The number of pyridine rings is 1. The van der Waals surface area contributed by atoms with Gasteiger partial charge in [0.15, 0.2) is 5.65 Å². The fourth-order valence-electron chi connectivity index (χ4n) is 3.46. The molecule has 0 aromatic carbocycles. The summed E-state index contributed by atoms with van der Waals surface area (Å²) in [4.78, 5) is 9.49. The second-order valence-corrected chi connectivity index (χ2v) is 9.57. The van der Waals surface area contributed by atoms with Gasteiger partial charge in [-0.05, 0) is 57.9 Å². The minimum Gasteiger partial charge on any atom is -0.495 e. The minimum atomic E-state index is -0.937. The lowest BCUT2D eigenvalue weighted by Gasteiger charge is -2.26. The van der Waals surface area contributed by atoms with Crippen molar-refractivity contribution in [2.45, 2.75) is 51.6 Å². The van der Waals surface area contributed by atoms with E-state index in [0.29, 0.717) is 39.7 Å². The predicted molar refractivity (Wildman–Crippen MR) is 121 cm³/mol. The smallest absolute Gasteiger partial charge is 0.165 e. The van der Waals surface area contributed by atoms with Gasteiger partial charge in [0.1, 0.15) is 18.0 Å². The highest BCUT2D eigenvalue weighted by Gasteiger charge is 2.29. The number of nitrogens with one attached hydrogen (secondary N) is 1. The lowest BCUT2D eigenvalue weighted by atomic mass is 9.97. The highest BCUT2D eigenvalue weighted by atomic mass is 35.5. The Morgan fingerprint density at radius 3 is 2.73 bits per heavy atom. The molecule has 2 aliphatic rings. The summed E-state index contributed by atoms with van der Waals surface area (Å²) in [6, 6.07) is 4.01. The quantitative estimate of drug-likeness (QED) is 0.389. The van der Waals surface area contributed by atoms with E-state index in [4.69, 9.17) is 26.7 Å². The Bertz CT molecular complexity index is 1140. The minimum absolute atomic E-state index is 0.171.